The van der Waals surface area contributed by atoms with E-state index in [4.69, 9.17) is 10.5 Å². The lowest BCUT2D eigenvalue weighted by atomic mass is 10.2. The van der Waals surface area contributed by atoms with Gasteiger partial charge >= 0.3 is 0 Å². The van der Waals surface area contributed by atoms with Gasteiger partial charge in [-0.1, -0.05) is 6.07 Å². The Morgan fingerprint density at radius 3 is 2.84 bits per heavy atom. The van der Waals surface area contributed by atoms with Crippen molar-refractivity contribution in [2.75, 3.05) is 12.8 Å². The summed E-state index contributed by atoms with van der Waals surface area (Å²) in [5.41, 5.74) is 8.87. The highest BCUT2D eigenvalue weighted by atomic mass is 127. The highest BCUT2D eigenvalue weighted by molar-refractivity contribution is 14.1. The van der Waals surface area contributed by atoms with Gasteiger partial charge in [0, 0.05) is 9.64 Å². The van der Waals surface area contributed by atoms with Gasteiger partial charge < -0.3 is 10.5 Å². The van der Waals surface area contributed by atoms with Crippen molar-refractivity contribution < 1.29 is 4.74 Å². The molecule has 0 spiro atoms. The van der Waals surface area contributed by atoms with Crippen LogP contribution in [0, 0.1) is 3.57 Å². The maximum absolute atomic E-state index is 6.04. The van der Waals surface area contributed by atoms with Crippen LogP contribution in [0.25, 0.3) is 16.7 Å². The molecule has 0 aliphatic heterocycles. The third kappa shape index (κ3) is 2.14. The molecular formula is C14H12IN3O. The van der Waals surface area contributed by atoms with Gasteiger partial charge in [-0.05, 0) is 52.9 Å². The van der Waals surface area contributed by atoms with Crippen molar-refractivity contribution in [3.05, 3.63) is 46.0 Å². The Kier molecular flexibility index (Phi) is 3.06. The van der Waals surface area contributed by atoms with E-state index in [1.807, 2.05) is 47.0 Å². The second kappa shape index (κ2) is 4.73. The third-order valence-electron chi connectivity index (χ3n) is 2.95. The number of benzene rings is 2. The van der Waals surface area contributed by atoms with Crippen LogP contribution in [-0.2, 0) is 0 Å². The first kappa shape index (κ1) is 12.3. The number of nitrogen functional groups attached to an aromatic ring is 1. The van der Waals surface area contributed by atoms with Crippen molar-refractivity contribution in [3.63, 3.8) is 0 Å². The Labute approximate surface area is 124 Å². The first-order chi connectivity index (χ1) is 9.19. The lowest BCUT2D eigenvalue weighted by Gasteiger charge is -2.08. The fourth-order valence-corrected chi connectivity index (χ4v) is 2.57. The van der Waals surface area contributed by atoms with Gasteiger partial charge in [-0.2, -0.15) is 0 Å². The summed E-state index contributed by atoms with van der Waals surface area (Å²) in [6.07, 6.45) is 0. The molecular weight excluding hydrogens is 353 g/mol. The van der Waals surface area contributed by atoms with Crippen molar-refractivity contribution >= 4 is 39.6 Å². The van der Waals surface area contributed by atoms with Gasteiger partial charge in [0.2, 0.25) is 5.95 Å². The molecule has 0 amide bonds. The topological polar surface area (TPSA) is 53.1 Å². The summed E-state index contributed by atoms with van der Waals surface area (Å²) >= 11 is 2.26. The van der Waals surface area contributed by atoms with Crippen LogP contribution in [0.4, 0.5) is 5.95 Å². The van der Waals surface area contributed by atoms with E-state index in [2.05, 4.69) is 27.6 Å². The van der Waals surface area contributed by atoms with E-state index in [9.17, 15) is 0 Å². The third-order valence-corrected chi connectivity index (χ3v) is 3.62. The second-order valence-corrected chi connectivity index (χ2v) is 5.39. The molecule has 3 rings (SSSR count). The van der Waals surface area contributed by atoms with Crippen molar-refractivity contribution in [2.24, 2.45) is 0 Å². The van der Waals surface area contributed by atoms with Crippen LogP contribution in [0.5, 0.6) is 5.75 Å². The molecule has 0 bridgehead atoms. The minimum atomic E-state index is 0.477. The zero-order chi connectivity index (χ0) is 13.4. The summed E-state index contributed by atoms with van der Waals surface area (Å²) in [5, 5.41) is 0. The molecule has 0 saturated heterocycles. The van der Waals surface area contributed by atoms with E-state index in [0.717, 1.165) is 26.0 Å². The average Bonchev–Trinajstić information content (AvgIpc) is 2.73. The minimum absolute atomic E-state index is 0.477. The summed E-state index contributed by atoms with van der Waals surface area (Å²) in [5.74, 6) is 1.27. The van der Waals surface area contributed by atoms with Crippen LogP contribution in [0.2, 0.25) is 0 Å². The van der Waals surface area contributed by atoms with Gasteiger partial charge in [-0.3, -0.25) is 4.57 Å². The smallest absolute Gasteiger partial charge is 0.205 e. The van der Waals surface area contributed by atoms with E-state index < -0.39 is 0 Å². The highest BCUT2D eigenvalue weighted by Crippen LogP contribution is 2.26. The number of rotatable bonds is 2. The summed E-state index contributed by atoms with van der Waals surface area (Å²) in [6.45, 7) is 0. The van der Waals surface area contributed by atoms with E-state index in [1.54, 1.807) is 7.11 Å². The molecule has 0 aliphatic carbocycles. The Bertz CT molecular complexity index is 752. The number of fused-ring (bicyclic) bond motifs is 1. The van der Waals surface area contributed by atoms with Crippen LogP contribution in [0.3, 0.4) is 0 Å². The Morgan fingerprint density at radius 1 is 1.21 bits per heavy atom. The first-order valence-corrected chi connectivity index (χ1v) is 6.85. The van der Waals surface area contributed by atoms with E-state index in [-0.39, 0.29) is 0 Å². The number of imidazole rings is 1. The van der Waals surface area contributed by atoms with Crippen molar-refractivity contribution in [3.8, 4) is 11.4 Å². The molecule has 2 N–H and O–H groups in total. The maximum Gasteiger partial charge on any atom is 0.205 e. The monoisotopic (exact) mass is 365 g/mol. The maximum atomic E-state index is 6.04. The van der Waals surface area contributed by atoms with Gasteiger partial charge in [0.25, 0.3) is 0 Å². The Hall–Kier alpha value is -1.76. The lowest BCUT2D eigenvalue weighted by molar-refractivity contribution is 0.414. The summed E-state index contributed by atoms with van der Waals surface area (Å²) in [4.78, 5) is 4.40. The van der Waals surface area contributed by atoms with Crippen LogP contribution in [0.15, 0.2) is 42.5 Å². The fraction of sp³-hybridized carbons (Fsp3) is 0.0714. The van der Waals surface area contributed by atoms with Crippen LogP contribution < -0.4 is 10.5 Å². The van der Waals surface area contributed by atoms with Gasteiger partial charge in [-0.25, -0.2) is 4.98 Å². The highest BCUT2D eigenvalue weighted by Gasteiger charge is 2.10. The van der Waals surface area contributed by atoms with Crippen LogP contribution in [0.1, 0.15) is 0 Å². The summed E-state index contributed by atoms with van der Waals surface area (Å²) in [7, 11) is 1.65. The van der Waals surface area contributed by atoms with Gasteiger partial charge in [0.1, 0.15) is 5.75 Å². The number of nitrogens with two attached hydrogens (primary N) is 1. The molecule has 0 fully saturated rings. The summed E-state index contributed by atoms with van der Waals surface area (Å²) in [6, 6.07) is 13.9. The Morgan fingerprint density at radius 2 is 2.05 bits per heavy atom. The Balaban J connectivity index is 2.26. The molecule has 1 aromatic heterocycles. The molecule has 1 heterocycles. The molecule has 0 aliphatic rings. The standard InChI is InChI=1S/C14H12IN3O/c1-19-11-4-2-3-10(8-11)18-13-6-5-9(15)7-12(13)17-14(18)16/h2-8H,1H3,(H2,16,17). The number of methoxy groups -OCH3 is 1. The molecule has 4 nitrogen and oxygen atoms in total. The normalized spacial score (nSPS) is 10.8. The van der Waals surface area contributed by atoms with Gasteiger partial charge in [0.15, 0.2) is 0 Å². The average molecular weight is 365 g/mol. The molecule has 0 radical (unpaired) electrons. The SMILES string of the molecule is COc1cccc(-n2c(N)nc3cc(I)ccc32)c1. The van der Waals surface area contributed by atoms with Gasteiger partial charge in [0.05, 0.1) is 23.8 Å². The second-order valence-electron chi connectivity index (χ2n) is 4.14. The number of halogens is 1. The quantitative estimate of drug-likeness (QED) is 0.710. The molecule has 3 aromatic rings. The molecule has 19 heavy (non-hydrogen) atoms. The van der Waals surface area contributed by atoms with Crippen molar-refractivity contribution in [2.45, 2.75) is 0 Å². The minimum Gasteiger partial charge on any atom is -0.497 e. The zero-order valence-corrected chi connectivity index (χ0v) is 12.5. The number of anilines is 1. The fourth-order valence-electron chi connectivity index (χ4n) is 2.09. The van der Waals surface area contributed by atoms with Crippen molar-refractivity contribution in [1.29, 1.82) is 0 Å². The molecule has 0 unspecified atom stereocenters. The first-order valence-electron chi connectivity index (χ1n) is 5.77. The van der Waals surface area contributed by atoms with Crippen LogP contribution >= 0.6 is 22.6 Å². The summed E-state index contributed by atoms with van der Waals surface area (Å²) < 4.78 is 8.31. The number of aromatic nitrogens is 2. The predicted octanol–water partition coefficient (Wildman–Crippen LogP) is 3.22. The van der Waals surface area contributed by atoms with Crippen molar-refractivity contribution in [1.82, 2.24) is 9.55 Å². The van der Waals surface area contributed by atoms with Crippen LogP contribution in [-0.4, -0.2) is 16.7 Å². The largest absolute Gasteiger partial charge is 0.497 e. The zero-order valence-electron chi connectivity index (χ0n) is 10.3. The number of nitrogens with zero attached hydrogens (tertiary/aromatic N) is 2. The van der Waals surface area contributed by atoms with E-state index >= 15 is 0 Å². The molecule has 2 aromatic carbocycles. The molecule has 0 saturated carbocycles. The van der Waals surface area contributed by atoms with E-state index in [0.29, 0.717) is 5.95 Å². The molecule has 96 valence electrons. The lowest BCUT2D eigenvalue weighted by Crippen LogP contribution is -2.00. The molecule has 5 heteroatoms. The predicted molar refractivity (Wildman–Crippen MR) is 84.8 cm³/mol. The van der Waals surface area contributed by atoms with E-state index in [1.165, 1.54) is 0 Å². The molecule has 0 atom stereocenters. The number of hydrogen-bond donors (Lipinski definition) is 1. The number of ether oxygens (including phenoxy) is 1. The van der Waals surface area contributed by atoms with Gasteiger partial charge in [-0.15, -0.1) is 0 Å². The number of hydrogen-bond acceptors (Lipinski definition) is 3.